The first-order valence-electron chi connectivity index (χ1n) is 21.5. The number of hydrogen-bond acceptors (Lipinski definition) is 2. The Labute approximate surface area is 366 Å². The average Bonchev–Trinajstić information content (AvgIpc) is 3.91. The van der Waals surface area contributed by atoms with E-state index >= 15 is 0 Å². The van der Waals surface area contributed by atoms with Crippen molar-refractivity contribution >= 4 is 60.8 Å². The van der Waals surface area contributed by atoms with Crippen LogP contribution in [0.1, 0.15) is 0 Å². The molecule has 0 saturated carbocycles. The molecule has 0 amide bonds. The van der Waals surface area contributed by atoms with E-state index in [0.717, 1.165) is 72.5 Å². The molecule has 0 aliphatic carbocycles. The summed E-state index contributed by atoms with van der Waals surface area (Å²) in [5.74, 6) is 0. The van der Waals surface area contributed by atoms with Gasteiger partial charge < -0.3 is 13.9 Å². The summed E-state index contributed by atoms with van der Waals surface area (Å²) in [6.07, 6.45) is 0. The van der Waals surface area contributed by atoms with E-state index in [1.165, 1.54) is 38.5 Å². The third-order valence-electron chi connectivity index (χ3n) is 12.5. The lowest BCUT2D eigenvalue weighted by atomic mass is 9.93. The number of rotatable bonds is 8. The monoisotopic (exact) mass is 804 g/mol. The van der Waals surface area contributed by atoms with Crippen molar-refractivity contribution in [2.75, 3.05) is 4.90 Å². The lowest BCUT2D eigenvalue weighted by molar-refractivity contribution is 0.670. The molecule has 2 aromatic heterocycles. The second-order valence-corrected chi connectivity index (χ2v) is 16.1. The maximum Gasteiger partial charge on any atom is 0.143 e. The van der Waals surface area contributed by atoms with Gasteiger partial charge in [-0.15, -0.1) is 0 Å². The van der Waals surface area contributed by atoms with Crippen molar-refractivity contribution in [2.24, 2.45) is 0 Å². The lowest BCUT2D eigenvalue weighted by Gasteiger charge is -2.26. The van der Waals surface area contributed by atoms with Gasteiger partial charge in [-0.3, -0.25) is 0 Å². The van der Waals surface area contributed by atoms with Gasteiger partial charge in [0.25, 0.3) is 0 Å². The van der Waals surface area contributed by atoms with Crippen LogP contribution in [-0.2, 0) is 0 Å². The predicted molar refractivity (Wildman–Crippen MR) is 264 cm³/mol. The fourth-order valence-electron chi connectivity index (χ4n) is 9.48. The van der Waals surface area contributed by atoms with E-state index in [-0.39, 0.29) is 0 Å². The molecule has 0 spiro atoms. The van der Waals surface area contributed by atoms with Gasteiger partial charge in [0.15, 0.2) is 0 Å². The zero-order valence-electron chi connectivity index (χ0n) is 34.4. The summed E-state index contributed by atoms with van der Waals surface area (Å²) in [5, 5.41) is 4.80. The second kappa shape index (κ2) is 15.3. The van der Waals surface area contributed by atoms with E-state index in [1.807, 2.05) is 12.1 Å². The van der Waals surface area contributed by atoms with Gasteiger partial charge in [-0.25, -0.2) is 0 Å². The standard InChI is InChI=1S/C60H40N2O/c1-2-15-45(16-3-1)61(46-37-33-42(34-38-46)41-29-31-44(32-30-41)49-23-14-24-55-54-22-9-13-28-59(54)63-60(49)55)47-39-35-43(36-40-47)48-17-4-5-18-50(48)51-19-6-10-25-56(51)62-57-26-11-7-20-52(57)53-21-8-12-27-58(53)62/h1-40H. The summed E-state index contributed by atoms with van der Waals surface area (Å²) in [6.45, 7) is 0. The molecule has 0 radical (unpaired) electrons. The number of nitrogens with zero attached hydrogens (tertiary/aromatic N) is 2. The molecule has 0 unspecified atom stereocenters. The van der Waals surface area contributed by atoms with Crippen molar-refractivity contribution in [2.45, 2.75) is 0 Å². The molecule has 0 bridgehead atoms. The van der Waals surface area contributed by atoms with Gasteiger partial charge in [-0.1, -0.05) is 182 Å². The van der Waals surface area contributed by atoms with Gasteiger partial charge in [0.05, 0.1) is 16.7 Å². The summed E-state index contributed by atoms with van der Waals surface area (Å²) in [5.41, 5.74) is 18.0. The normalized spacial score (nSPS) is 11.5. The lowest BCUT2D eigenvalue weighted by Crippen LogP contribution is -2.09. The molecule has 0 N–H and O–H groups in total. The van der Waals surface area contributed by atoms with Crippen molar-refractivity contribution in [3.63, 3.8) is 0 Å². The topological polar surface area (TPSA) is 21.3 Å². The number of benzene rings is 10. The van der Waals surface area contributed by atoms with E-state index in [1.54, 1.807) is 0 Å². The Hall–Kier alpha value is -8.40. The Balaban J connectivity index is 0.871. The Morgan fingerprint density at radius 3 is 1.41 bits per heavy atom. The van der Waals surface area contributed by atoms with E-state index in [9.17, 15) is 0 Å². The largest absolute Gasteiger partial charge is 0.455 e. The molecule has 3 nitrogen and oxygen atoms in total. The minimum Gasteiger partial charge on any atom is -0.455 e. The highest BCUT2D eigenvalue weighted by molar-refractivity contribution is 6.11. The van der Waals surface area contributed by atoms with Crippen molar-refractivity contribution < 1.29 is 4.42 Å². The van der Waals surface area contributed by atoms with Crippen molar-refractivity contribution in [3.8, 4) is 50.2 Å². The molecule has 63 heavy (non-hydrogen) atoms. The summed E-state index contributed by atoms with van der Waals surface area (Å²) in [4.78, 5) is 2.33. The molecular weight excluding hydrogens is 765 g/mol. The summed E-state index contributed by atoms with van der Waals surface area (Å²) in [7, 11) is 0. The third-order valence-corrected chi connectivity index (χ3v) is 12.5. The Morgan fingerprint density at radius 2 is 0.730 bits per heavy atom. The number of para-hydroxylation sites is 6. The third kappa shape index (κ3) is 6.29. The van der Waals surface area contributed by atoms with Gasteiger partial charge in [0, 0.05) is 49.7 Å². The van der Waals surface area contributed by atoms with E-state index in [0.29, 0.717) is 0 Å². The molecule has 0 fully saturated rings. The Morgan fingerprint density at radius 1 is 0.286 bits per heavy atom. The fraction of sp³-hybridized carbons (Fsp3) is 0. The highest BCUT2D eigenvalue weighted by atomic mass is 16.3. The summed E-state index contributed by atoms with van der Waals surface area (Å²) in [6, 6.07) is 87.0. The van der Waals surface area contributed by atoms with Crippen molar-refractivity contribution in [1.29, 1.82) is 0 Å². The molecule has 0 atom stereocenters. The smallest absolute Gasteiger partial charge is 0.143 e. The number of anilines is 3. The molecule has 3 heteroatoms. The Bertz CT molecular complexity index is 3550. The molecule has 0 saturated heterocycles. The van der Waals surface area contributed by atoms with Crippen LogP contribution in [0, 0.1) is 0 Å². The summed E-state index contributed by atoms with van der Waals surface area (Å²) < 4.78 is 8.77. The first kappa shape index (κ1) is 36.5. The van der Waals surface area contributed by atoms with Gasteiger partial charge in [-0.2, -0.15) is 0 Å². The van der Waals surface area contributed by atoms with Crippen molar-refractivity contribution in [1.82, 2.24) is 4.57 Å². The highest BCUT2D eigenvalue weighted by Gasteiger charge is 2.19. The average molecular weight is 805 g/mol. The molecule has 12 aromatic rings. The first-order valence-corrected chi connectivity index (χ1v) is 21.5. The van der Waals surface area contributed by atoms with Crippen LogP contribution in [0.2, 0.25) is 0 Å². The van der Waals surface area contributed by atoms with Crippen LogP contribution < -0.4 is 4.90 Å². The van der Waals surface area contributed by atoms with Gasteiger partial charge in [-0.05, 0) is 94.0 Å². The SMILES string of the molecule is c1ccc(N(c2ccc(-c3ccc(-c4cccc5c4oc4ccccc45)cc3)cc2)c2ccc(-c3ccccc3-c3ccccc3-n3c4ccccc4c4ccccc43)cc2)cc1. The second-order valence-electron chi connectivity index (χ2n) is 16.1. The van der Waals surface area contributed by atoms with Crippen LogP contribution in [0.4, 0.5) is 17.1 Å². The first-order chi connectivity index (χ1) is 31.3. The van der Waals surface area contributed by atoms with E-state index < -0.39 is 0 Å². The minimum atomic E-state index is 0.913. The molecular formula is C60H40N2O. The van der Waals surface area contributed by atoms with Gasteiger partial charge in [0.2, 0.25) is 0 Å². The number of fused-ring (bicyclic) bond motifs is 6. The highest BCUT2D eigenvalue weighted by Crippen LogP contribution is 2.42. The van der Waals surface area contributed by atoms with Crippen LogP contribution in [0.25, 0.3) is 93.9 Å². The quantitative estimate of drug-likeness (QED) is 0.153. The number of aromatic nitrogens is 1. The van der Waals surface area contributed by atoms with E-state index in [2.05, 4.69) is 240 Å². The fourth-order valence-corrected chi connectivity index (χ4v) is 9.48. The van der Waals surface area contributed by atoms with Gasteiger partial charge in [0.1, 0.15) is 11.2 Å². The number of hydrogen-bond donors (Lipinski definition) is 0. The van der Waals surface area contributed by atoms with Crippen LogP contribution in [0.3, 0.4) is 0 Å². The minimum absolute atomic E-state index is 0.913. The van der Waals surface area contributed by atoms with Crippen molar-refractivity contribution in [3.05, 3.63) is 243 Å². The molecule has 0 aliphatic heterocycles. The zero-order valence-corrected chi connectivity index (χ0v) is 34.4. The zero-order chi connectivity index (χ0) is 41.7. The van der Waals surface area contributed by atoms with Gasteiger partial charge >= 0.3 is 0 Å². The molecule has 12 rings (SSSR count). The molecule has 0 aliphatic rings. The van der Waals surface area contributed by atoms with Crippen LogP contribution in [-0.4, -0.2) is 4.57 Å². The van der Waals surface area contributed by atoms with Crippen LogP contribution >= 0.6 is 0 Å². The summed E-state index contributed by atoms with van der Waals surface area (Å²) >= 11 is 0. The maximum atomic E-state index is 6.35. The van der Waals surface area contributed by atoms with E-state index in [4.69, 9.17) is 4.42 Å². The Kier molecular flexibility index (Phi) is 8.83. The maximum absolute atomic E-state index is 6.35. The molecule has 10 aromatic carbocycles. The number of furan rings is 1. The molecule has 2 heterocycles. The van der Waals surface area contributed by atoms with Crippen LogP contribution in [0.5, 0.6) is 0 Å². The predicted octanol–water partition coefficient (Wildman–Crippen LogP) is 16.8. The van der Waals surface area contributed by atoms with Crippen LogP contribution in [0.15, 0.2) is 247 Å². The molecule has 296 valence electrons.